The first-order valence-electron chi connectivity index (χ1n) is 2.33. The monoisotopic (exact) mass is 144 g/mol. The van der Waals surface area contributed by atoms with E-state index in [1.807, 2.05) is 0 Å². The number of hydrogen-bond acceptors (Lipinski definition) is 1. The molecule has 0 saturated carbocycles. The van der Waals surface area contributed by atoms with Crippen molar-refractivity contribution in [1.29, 1.82) is 0 Å². The van der Waals surface area contributed by atoms with Crippen LogP contribution < -0.4 is 4.78 Å². The first-order chi connectivity index (χ1) is 4.20. The molecule has 1 heterocycles. The van der Waals surface area contributed by atoms with Crippen molar-refractivity contribution in [2.45, 2.75) is 6.43 Å². The van der Waals surface area contributed by atoms with E-state index in [-0.39, 0.29) is 4.88 Å². The van der Waals surface area contributed by atoms with E-state index in [2.05, 4.69) is 0 Å². The predicted octanol–water partition coefficient (Wildman–Crippen LogP) is 1.48. The summed E-state index contributed by atoms with van der Waals surface area (Å²) in [5.74, 6) is 0. The van der Waals surface area contributed by atoms with Crippen molar-refractivity contribution in [2.24, 2.45) is 0 Å². The standard InChI is InChI=1S/C5H3BF2S/c6-4-2-1-3(9-4)5(7)8/h1-2,5H. The van der Waals surface area contributed by atoms with Gasteiger partial charge in [0.1, 0.15) is 7.85 Å². The van der Waals surface area contributed by atoms with Crippen LogP contribution in [-0.4, -0.2) is 7.85 Å². The van der Waals surface area contributed by atoms with E-state index in [1.165, 1.54) is 12.1 Å². The third kappa shape index (κ3) is 1.51. The lowest BCUT2D eigenvalue weighted by Crippen LogP contribution is -1.89. The molecule has 0 amide bonds. The third-order valence-electron chi connectivity index (χ3n) is 0.863. The zero-order valence-electron chi connectivity index (χ0n) is 4.47. The van der Waals surface area contributed by atoms with Crippen molar-refractivity contribution >= 4 is 24.0 Å². The Balaban J connectivity index is 2.85. The summed E-state index contributed by atoms with van der Waals surface area (Å²) >= 11 is 0.924. The van der Waals surface area contributed by atoms with Gasteiger partial charge in [-0.25, -0.2) is 8.78 Å². The Hall–Kier alpha value is -0.375. The summed E-state index contributed by atoms with van der Waals surface area (Å²) in [6.45, 7) is 0. The molecule has 0 fully saturated rings. The molecule has 0 aromatic carbocycles. The Labute approximate surface area is 56.9 Å². The van der Waals surface area contributed by atoms with E-state index < -0.39 is 6.43 Å². The molecule has 0 aliphatic heterocycles. The average Bonchev–Trinajstić information content (AvgIpc) is 2.14. The van der Waals surface area contributed by atoms with Gasteiger partial charge in [0.15, 0.2) is 0 Å². The maximum Gasteiger partial charge on any atom is 0.272 e. The van der Waals surface area contributed by atoms with Gasteiger partial charge in [0.2, 0.25) is 0 Å². The minimum atomic E-state index is -2.38. The van der Waals surface area contributed by atoms with Crippen LogP contribution in [0.3, 0.4) is 0 Å². The van der Waals surface area contributed by atoms with Gasteiger partial charge in [-0.2, -0.15) is 11.3 Å². The summed E-state index contributed by atoms with van der Waals surface area (Å²) in [6, 6.07) is 2.82. The van der Waals surface area contributed by atoms with Gasteiger partial charge in [0.25, 0.3) is 6.43 Å². The van der Waals surface area contributed by atoms with Gasteiger partial charge < -0.3 is 0 Å². The molecule has 9 heavy (non-hydrogen) atoms. The van der Waals surface area contributed by atoms with Crippen molar-refractivity contribution in [3.8, 4) is 0 Å². The van der Waals surface area contributed by atoms with Gasteiger partial charge in [-0.05, 0) is 10.8 Å². The lowest BCUT2D eigenvalue weighted by molar-refractivity contribution is 0.155. The van der Waals surface area contributed by atoms with Crippen molar-refractivity contribution in [3.63, 3.8) is 0 Å². The Morgan fingerprint density at radius 2 is 2.11 bits per heavy atom. The van der Waals surface area contributed by atoms with Gasteiger partial charge >= 0.3 is 0 Å². The molecule has 0 nitrogen and oxygen atoms in total. The van der Waals surface area contributed by atoms with E-state index in [1.54, 1.807) is 0 Å². The molecule has 2 radical (unpaired) electrons. The van der Waals surface area contributed by atoms with Crippen molar-refractivity contribution in [1.82, 2.24) is 0 Å². The lowest BCUT2D eigenvalue weighted by Gasteiger charge is -1.88. The van der Waals surface area contributed by atoms with Crippen LogP contribution in [0.5, 0.6) is 0 Å². The fourth-order valence-electron chi connectivity index (χ4n) is 0.486. The second-order valence-corrected chi connectivity index (χ2v) is 2.69. The van der Waals surface area contributed by atoms with Crippen LogP contribution in [0, 0.1) is 0 Å². The number of hydrogen-bond donors (Lipinski definition) is 0. The fraction of sp³-hybridized carbons (Fsp3) is 0.200. The second kappa shape index (κ2) is 2.48. The van der Waals surface area contributed by atoms with Crippen molar-refractivity contribution in [3.05, 3.63) is 17.0 Å². The summed E-state index contributed by atoms with van der Waals surface area (Å²) in [6.07, 6.45) is -2.38. The van der Waals surface area contributed by atoms with Crippen molar-refractivity contribution in [2.75, 3.05) is 0 Å². The van der Waals surface area contributed by atoms with Crippen LogP contribution in [-0.2, 0) is 0 Å². The molecule has 46 valence electrons. The molecule has 0 aliphatic rings. The Morgan fingerprint density at radius 1 is 1.44 bits per heavy atom. The molecule has 0 spiro atoms. The van der Waals surface area contributed by atoms with E-state index in [9.17, 15) is 8.78 Å². The molecule has 1 rings (SSSR count). The minimum absolute atomic E-state index is 0.0347. The van der Waals surface area contributed by atoms with Crippen LogP contribution in [0.1, 0.15) is 11.3 Å². The molecular weight excluding hydrogens is 141 g/mol. The maximum absolute atomic E-state index is 11.7. The first kappa shape index (κ1) is 6.74. The van der Waals surface area contributed by atoms with Gasteiger partial charge in [-0.1, -0.05) is 6.07 Å². The topological polar surface area (TPSA) is 0 Å². The zero-order chi connectivity index (χ0) is 6.85. The van der Waals surface area contributed by atoms with Gasteiger partial charge in [-0.15, -0.1) is 0 Å². The molecule has 0 atom stereocenters. The summed E-state index contributed by atoms with van der Waals surface area (Å²) in [4.78, 5) is 0.0347. The van der Waals surface area contributed by atoms with Crippen LogP contribution in [0.15, 0.2) is 12.1 Å². The highest BCUT2D eigenvalue weighted by Crippen LogP contribution is 2.21. The Bertz CT molecular complexity index is 197. The molecule has 0 saturated heterocycles. The SMILES string of the molecule is [B]c1ccc(C(F)F)s1. The second-order valence-electron chi connectivity index (χ2n) is 1.54. The third-order valence-corrected chi connectivity index (χ3v) is 1.78. The lowest BCUT2D eigenvalue weighted by atomic mass is 10.1. The predicted molar refractivity (Wildman–Crippen MR) is 34.7 cm³/mol. The highest BCUT2D eigenvalue weighted by atomic mass is 32.1. The molecule has 0 aliphatic carbocycles. The summed E-state index contributed by atoms with van der Waals surface area (Å²) in [5, 5.41) is 0. The van der Waals surface area contributed by atoms with Crippen LogP contribution in [0.4, 0.5) is 8.78 Å². The first-order valence-corrected chi connectivity index (χ1v) is 3.15. The molecule has 1 aromatic heterocycles. The van der Waals surface area contributed by atoms with Crippen LogP contribution >= 0.6 is 11.3 Å². The van der Waals surface area contributed by atoms with Crippen molar-refractivity contribution < 1.29 is 8.78 Å². The van der Waals surface area contributed by atoms with E-state index >= 15 is 0 Å². The van der Waals surface area contributed by atoms with Gasteiger partial charge in [0, 0.05) is 0 Å². The molecular formula is C5H3BF2S. The largest absolute Gasteiger partial charge is 0.272 e. The summed E-state index contributed by atoms with van der Waals surface area (Å²) in [5.41, 5.74) is 0. The molecule has 0 bridgehead atoms. The minimum Gasteiger partial charge on any atom is -0.204 e. The van der Waals surface area contributed by atoms with E-state index in [4.69, 9.17) is 7.85 Å². The summed E-state index contributed by atoms with van der Waals surface area (Å²) < 4.78 is 23.9. The van der Waals surface area contributed by atoms with E-state index in [0.29, 0.717) is 4.78 Å². The van der Waals surface area contributed by atoms with Gasteiger partial charge in [-0.3, -0.25) is 0 Å². The molecule has 0 unspecified atom stereocenters. The van der Waals surface area contributed by atoms with Gasteiger partial charge in [0.05, 0.1) is 4.88 Å². The highest BCUT2D eigenvalue weighted by Gasteiger charge is 2.07. The quantitative estimate of drug-likeness (QED) is 0.523. The molecule has 0 N–H and O–H groups in total. The fourth-order valence-corrected chi connectivity index (χ4v) is 1.12. The average molecular weight is 144 g/mol. The van der Waals surface area contributed by atoms with Crippen LogP contribution in [0.25, 0.3) is 0 Å². The molecule has 4 heteroatoms. The highest BCUT2D eigenvalue weighted by molar-refractivity contribution is 7.20. The van der Waals surface area contributed by atoms with E-state index in [0.717, 1.165) is 11.3 Å². The maximum atomic E-state index is 11.7. The normalized spacial score (nSPS) is 10.6. The Morgan fingerprint density at radius 3 is 2.33 bits per heavy atom. The number of halogens is 2. The Kier molecular flexibility index (Phi) is 1.85. The zero-order valence-corrected chi connectivity index (χ0v) is 5.29. The summed E-state index contributed by atoms with van der Waals surface area (Å²) in [7, 11) is 5.20. The van der Waals surface area contributed by atoms with Crippen LogP contribution in [0.2, 0.25) is 0 Å². The number of thiophene rings is 1. The number of alkyl halides is 2. The smallest absolute Gasteiger partial charge is 0.204 e. The molecule has 1 aromatic rings. The number of rotatable bonds is 1.